The molecule has 1 aromatic heterocycles. The van der Waals surface area contributed by atoms with Crippen molar-refractivity contribution in [2.45, 2.75) is 39.3 Å². The summed E-state index contributed by atoms with van der Waals surface area (Å²) in [5.41, 5.74) is 0.327. The van der Waals surface area contributed by atoms with E-state index in [1.165, 1.54) is 6.20 Å². The molecule has 6 nitrogen and oxygen atoms in total. The molecule has 1 saturated heterocycles. The van der Waals surface area contributed by atoms with Gasteiger partial charge in [0.25, 0.3) is 5.91 Å². The summed E-state index contributed by atoms with van der Waals surface area (Å²) in [6.07, 6.45) is 2.34. The van der Waals surface area contributed by atoms with E-state index in [9.17, 15) is 9.59 Å². The van der Waals surface area contributed by atoms with Gasteiger partial charge in [0.15, 0.2) is 0 Å². The average Bonchev–Trinajstić information content (AvgIpc) is 2.61. The summed E-state index contributed by atoms with van der Waals surface area (Å²) in [6, 6.07) is 2.88. The molecule has 6 heteroatoms. The summed E-state index contributed by atoms with van der Waals surface area (Å²) < 4.78 is 5.50. The molecule has 0 aliphatic carbocycles. The van der Waals surface area contributed by atoms with Crippen molar-refractivity contribution in [3.8, 4) is 5.75 Å². The topological polar surface area (TPSA) is 71.5 Å². The number of pyridine rings is 1. The van der Waals surface area contributed by atoms with Crippen LogP contribution in [0.3, 0.4) is 0 Å². The zero-order valence-corrected chi connectivity index (χ0v) is 12.6. The monoisotopic (exact) mass is 291 g/mol. The molecule has 0 spiro atoms. The van der Waals surface area contributed by atoms with Crippen LogP contribution in [-0.4, -0.2) is 46.9 Å². The van der Waals surface area contributed by atoms with E-state index in [-0.39, 0.29) is 17.9 Å². The normalized spacial score (nSPS) is 19.1. The molecule has 1 aliphatic rings. The number of hydrogen-bond donors (Lipinski definition) is 1. The average molecular weight is 291 g/mol. The fraction of sp³-hybridized carbons (Fsp3) is 0.533. The molecule has 114 valence electrons. The quantitative estimate of drug-likeness (QED) is 0.909. The van der Waals surface area contributed by atoms with Crippen molar-refractivity contribution in [1.29, 1.82) is 0 Å². The highest BCUT2D eigenvalue weighted by molar-refractivity contribution is 5.96. The molecule has 1 N–H and O–H groups in total. The molecule has 0 bridgehead atoms. The molecule has 21 heavy (non-hydrogen) atoms. The lowest BCUT2D eigenvalue weighted by molar-refractivity contribution is -0.124. The second-order valence-electron chi connectivity index (χ2n) is 5.36. The molecular formula is C15H21N3O3. The van der Waals surface area contributed by atoms with Gasteiger partial charge in [-0.3, -0.25) is 9.59 Å². The predicted octanol–water partition coefficient (Wildman–Crippen LogP) is 1.22. The highest BCUT2D eigenvalue weighted by Gasteiger charge is 2.29. The molecule has 0 aromatic carbocycles. The van der Waals surface area contributed by atoms with Gasteiger partial charge in [-0.2, -0.15) is 0 Å². The van der Waals surface area contributed by atoms with Crippen molar-refractivity contribution >= 4 is 11.8 Å². The Morgan fingerprint density at radius 2 is 2.24 bits per heavy atom. The van der Waals surface area contributed by atoms with Crippen LogP contribution in [0.15, 0.2) is 18.3 Å². The van der Waals surface area contributed by atoms with E-state index in [1.807, 2.05) is 13.8 Å². The van der Waals surface area contributed by atoms with Crippen molar-refractivity contribution in [3.63, 3.8) is 0 Å². The second kappa shape index (κ2) is 6.56. The summed E-state index contributed by atoms with van der Waals surface area (Å²) in [4.78, 5) is 30.0. The summed E-state index contributed by atoms with van der Waals surface area (Å²) in [7, 11) is 0. The van der Waals surface area contributed by atoms with Gasteiger partial charge in [-0.15, -0.1) is 0 Å². The van der Waals surface area contributed by atoms with Gasteiger partial charge in [0.05, 0.1) is 12.3 Å². The SMILES string of the molecule is CC(C)Oc1ccc(C(=O)N2CCCNC(=O)[C@@H]2C)nc1. The number of ether oxygens (including phenoxy) is 1. The van der Waals surface area contributed by atoms with Crippen LogP contribution in [0.25, 0.3) is 0 Å². The van der Waals surface area contributed by atoms with E-state index < -0.39 is 6.04 Å². The second-order valence-corrected chi connectivity index (χ2v) is 5.36. The standard InChI is InChI=1S/C15H21N3O3/c1-10(2)21-12-5-6-13(17-9-12)15(20)18-8-4-7-16-14(19)11(18)3/h5-6,9-11H,4,7-8H2,1-3H3,(H,16,19)/t11-/m0/s1. The fourth-order valence-electron chi connectivity index (χ4n) is 2.22. The molecular weight excluding hydrogens is 270 g/mol. The van der Waals surface area contributed by atoms with Crippen LogP contribution in [0.5, 0.6) is 5.75 Å². The Kier molecular flexibility index (Phi) is 4.77. The minimum Gasteiger partial charge on any atom is -0.489 e. The van der Waals surface area contributed by atoms with Crippen molar-refractivity contribution < 1.29 is 14.3 Å². The number of nitrogens with one attached hydrogen (secondary N) is 1. The zero-order chi connectivity index (χ0) is 15.4. The molecule has 0 unspecified atom stereocenters. The Labute approximate surface area is 124 Å². The first-order valence-electron chi connectivity index (χ1n) is 7.20. The number of carbonyl (C=O) groups excluding carboxylic acids is 2. The third-order valence-corrected chi connectivity index (χ3v) is 3.31. The Morgan fingerprint density at radius 1 is 1.48 bits per heavy atom. The third-order valence-electron chi connectivity index (χ3n) is 3.31. The number of amides is 2. The van der Waals surface area contributed by atoms with Gasteiger partial charge in [0.1, 0.15) is 17.5 Å². The minimum atomic E-state index is -0.478. The van der Waals surface area contributed by atoms with E-state index in [0.717, 1.165) is 6.42 Å². The first-order valence-corrected chi connectivity index (χ1v) is 7.20. The molecule has 1 aromatic rings. The number of nitrogens with zero attached hydrogens (tertiary/aromatic N) is 2. The van der Waals surface area contributed by atoms with E-state index in [2.05, 4.69) is 10.3 Å². The van der Waals surface area contributed by atoms with Crippen LogP contribution in [0.1, 0.15) is 37.7 Å². The van der Waals surface area contributed by atoms with Crippen LogP contribution in [0, 0.1) is 0 Å². The number of carbonyl (C=O) groups is 2. The van der Waals surface area contributed by atoms with Crippen molar-refractivity contribution in [2.75, 3.05) is 13.1 Å². The zero-order valence-electron chi connectivity index (χ0n) is 12.6. The van der Waals surface area contributed by atoms with Crippen molar-refractivity contribution in [1.82, 2.24) is 15.2 Å². The van der Waals surface area contributed by atoms with E-state index in [1.54, 1.807) is 24.0 Å². The summed E-state index contributed by atoms with van der Waals surface area (Å²) >= 11 is 0. The van der Waals surface area contributed by atoms with Crippen LogP contribution >= 0.6 is 0 Å². The van der Waals surface area contributed by atoms with E-state index >= 15 is 0 Å². The molecule has 2 amide bonds. The first kappa shape index (κ1) is 15.3. The lowest BCUT2D eigenvalue weighted by atomic mass is 10.2. The Balaban J connectivity index is 2.13. The van der Waals surface area contributed by atoms with Crippen LogP contribution in [0.4, 0.5) is 0 Å². The molecule has 1 atom stereocenters. The summed E-state index contributed by atoms with van der Waals surface area (Å²) in [5, 5.41) is 2.79. The van der Waals surface area contributed by atoms with Gasteiger partial charge in [-0.1, -0.05) is 0 Å². The molecule has 1 aliphatic heterocycles. The van der Waals surface area contributed by atoms with Crippen molar-refractivity contribution in [2.24, 2.45) is 0 Å². The van der Waals surface area contributed by atoms with Gasteiger partial charge >= 0.3 is 0 Å². The molecule has 2 rings (SSSR count). The summed E-state index contributed by atoms with van der Waals surface area (Å²) in [6.45, 7) is 6.73. The molecule has 2 heterocycles. The maximum atomic E-state index is 12.5. The van der Waals surface area contributed by atoms with Crippen LogP contribution < -0.4 is 10.1 Å². The van der Waals surface area contributed by atoms with Crippen molar-refractivity contribution in [3.05, 3.63) is 24.0 Å². The smallest absolute Gasteiger partial charge is 0.273 e. The maximum Gasteiger partial charge on any atom is 0.273 e. The lowest BCUT2D eigenvalue weighted by Gasteiger charge is -2.25. The highest BCUT2D eigenvalue weighted by Crippen LogP contribution is 2.14. The predicted molar refractivity (Wildman–Crippen MR) is 78.1 cm³/mol. The van der Waals surface area contributed by atoms with E-state index in [4.69, 9.17) is 4.74 Å². The highest BCUT2D eigenvalue weighted by atomic mass is 16.5. The summed E-state index contributed by atoms with van der Waals surface area (Å²) in [5.74, 6) is 0.277. The van der Waals surface area contributed by atoms with Crippen LogP contribution in [-0.2, 0) is 4.79 Å². The molecule has 0 radical (unpaired) electrons. The van der Waals surface area contributed by atoms with Gasteiger partial charge in [-0.25, -0.2) is 4.98 Å². The number of aromatic nitrogens is 1. The maximum absolute atomic E-state index is 12.5. The number of hydrogen-bond acceptors (Lipinski definition) is 4. The Hall–Kier alpha value is -2.11. The fourth-order valence-corrected chi connectivity index (χ4v) is 2.22. The minimum absolute atomic E-state index is 0.0580. The van der Waals surface area contributed by atoms with E-state index in [0.29, 0.717) is 24.5 Å². The largest absolute Gasteiger partial charge is 0.489 e. The van der Waals surface area contributed by atoms with Crippen LogP contribution in [0.2, 0.25) is 0 Å². The Bertz CT molecular complexity index is 513. The third kappa shape index (κ3) is 3.71. The van der Waals surface area contributed by atoms with Gasteiger partial charge < -0.3 is 15.0 Å². The Morgan fingerprint density at radius 3 is 2.86 bits per heavy atom. The van der Waals surface area contributed by atoms with Gasteiger partial charge in [0.2, 0.25) is 5.91 Å². The first-order chi connectivity index (χ1) is 9.99. The van der Waals surface area contributed by atoms with Gasteiger partial charge in [-0.05, 0) is 39.3 Å². The lowest BCUT2D eigenvalue weighted by Crippen LogP contribution is -2.45. The number of rotatable bonds is 3. The molecule has 0 saturated carbocycles. The molecule has 1 fully saturated rings. The van der Waals surface area contributed by atoms with Gasteiger partial charge in [0, 0.05) is 13.1 Å².